The number of amidine groups is 1. The molecule has 3 unspecified atom stereocenters. The summed E-state index contributed by atoms with van der Waals surface area (Å²) in [4.78, 5) is 13.8. The molecule has 3 rings (SSSR count). The van der Waals surface area contributed by atoms with Crippen LogP contribution in [0, 0.1) is 0 Å². The van der Waals surface area contributed by atoms with Crippen LogP contribution in [0.5, 0.6) is 0 Å². The Balaban J connectivity index is 1.73. The van der Waals surface area contributed by atoms with Crippen molar-refractivity contribution in [1.29, 1.82) is 0 Å². The second kappa shape index (κ2) is 5.74. The minimum Gasteiger partial charge on any atom is -0.387 e. The molecule has 1 fully saturated rings. The van der Waals surface area contributed by atoms with Crippen molar-refractivity contribution < 1.29 is 24.0 Å². The molecule has 0 bridgehead atoms. The SMILES string of the molecule is NC1=NC=NC2C1N=CN2[C@@H]1O[C@H](COP=O)C(O)[C@@H]1O. The van der Waals surface area contributed by atoms with Gasteiger partial charge in [-0.25, -0.2) is 14.5 Å². The van der Waals surface area contributed by atoms with Crippen LogP contribution in [0.3, 0.4) is 0 Å². The van der Waals surface area contributed by atoms with Gasteiger partial charge in [-0.05, 0) is 0 Å². The summed E-state index contributed by atoms with van der Waals surface area (Å²) in [7, 11) is -0.515. The number of aliphatic hydroxyl groups is 2. The summed E-state index contributed by atoms with van der Waals surface area (Å²) in [6.45, 7) is -0.105. The van der Waals surface area contributed by atoms with Gasteiger partial charge in [0.15, 0.2) is 12.4 Å². The Bertz CT molecular complexity index is 514. The third kappa shape index (κ3) is 2.45. The molecule has 3 aliphatic rings. The average Bonchev–Trinajstić information content (AvgIpc) is 3.02. The summed E-state index contributed by atoms with van der Waals surface area (Å²) in [6.07, 6.45) is -1.66. The maximum absolute atomic E-state index is 10.3. The molecule has 0 radical (unpaired) electrons. The van der Waals surface area contributed by atoms with Gasteiger partial charge >= 0.3 is 8.69 Å². The van der Waals surface area contributed by atoms with Gasteiger partial charge in [0.25, 0.3) is 0 Å². The number of nitrogens with two attached hydrogens (primary N) is 1. The number of hydrogen-bond donors (Lipinski definition) is 3. The smallest absolute Gasteiger partial charge is 0.327 e. The van der Waals surface area contributed by atoms with Crippen LogP contribution in [-0.2, 0) is 13.8 Å². The zero-order chi connectivity index (χ0) is 15.0. The van der Waals surface area contributed by atoms with Crippen LogP contribution in [0.25, 0.3) is 0 Å². The fraction of sp³-hybridized carbons (Fsp3) is 0.700. The van der Waals surface area contributed by atoms with E-state index in [9.17, 15) is 14.8 Å². The summed E-state index contributed by atoms with van der Waals surface area (Å²) in [6, 6.07) is -0.432. The molecule has 1 saturated heterocycles. The van der Waals surface area contributed by atoms with Crippen molar-refractivity contribution >= 4 is 27.2 Å². The molecule has 3 heterocycles. The molecule has 4 N–H and O–H groups in total. The first-order valence-electron chi connectivity index (χ1n) is 6.25. The predicted molar refractivity (Wildman–Crippen MR) is 72.3 cm³/mol. The standard InChI is InChI=1S/C10H14N5O5P/c11-8-5-9(13-2-12-8)15(3-14-5)10-7(17)6(16)4(20-10)1-19-21-18/h2-7,9-10,16-17H,1H2,(H2,11,12,13)/t4-,5?,6?,7+,9?,10-/m1/s1. The molecule has 3 aliphatic heterocycles. The third-order valence-corrected chi connectivity index (χ3v) is 3.85. The number of rotatable bonds is 4. The molecule has 6 atom stereocenters. The highest BCUT2D eigenvalue weighted by Gasteiger charge is 2.49. The van der Waals surface area contributed by atoms with Gasteiger partial charge in [0, 0.05) is 0 Å². The maximum Gasteiger partial charge on any atom is 0.327 e. The molecule has 0 saturated carbocycles. The quantitative estimate of drug-likeness (QED) is 0.514. The highest BCUT2D eigenvalue weighted by molar-refractivity contribution is 7.17. The van der Waals surface area contributed by atoms with E-state index in [1.54, 1.807) is 4.90 Å². The van der Waals surface area contributed by atoms with Crippen molar-refractivity contribution in [2.45, 2.75) is 36.7 Å². The lowest BCUT2D eigenvalue weighted by Crippen LogP contribution is -2.51. The van der Waals surface area contributed by atoms with Gasteiger partial charge in [0.2, 0.25) is 0 Å². The average molecular weight is 315 g/mol. The van der Waals surface area contributed by atoms with Gasteiger partial charge < -0.3 is 25.6 Å². The van der Waals surface area contributed by atoms with Gasteiger partial charge in [-0.2, -0.15) is 0 Å². The van der Waals surface area contributed by atoms with Crippen LogP contribution in [0.4, 0.5) is 0 Å². The number of aliphatic hydroxyl groups excluding tert-OH is 2. The molecule has 21 heavy (non-hydrogen) atoms. The van der Waals surface area contributed by atoms with E-state index in [0.29, 0.717) is 5.84 Å². The van der Waals surface area contributed by atoms with Gasteiger partial charge in [0.05, 0.1) is 12.9 Å². The van der Waals surface area contributed by atoms with Gasteiger partial charge in [-0.3, -0.25) is 9.52 Å². The molecular weight excluding hydrogens is 301 g/mol. The van der Waals surface area contributed by atoms with Gasteiger partial charge in [0.1, 0.15) is 36.5 Å². The van der Waals surface area contributed by atoms with Crippen LogP contribution in [0.2, 0.25) is 0 Å². The number of fused-ring (bicyclic) bond motifs is 1. The fourth-order valence-electron chi connectivity index (χ4n) is 2.52. The molecule has 0 aliphatic carbocycles. The largest absolute Gasteiger partial charge is 0.387 e. The Kier molecular flexibility index (Phi) is 3.96. The van der Waals surface area contributed by atoms with Crippen molar-refractivity contribution in [3.63, 3.8) is 0 Å². The summed E-state index contributed by atoms with van der Waals surface area (Å²) in [5.74, 6) is 0.326. The van der Waals surface area contributed by atoms with Crippen molar-refractivity contribution in [2.24, 2.45) is 20.7 Å². The van der Waals surface area contributed by atoms with Crippen LogP contribution in [0.1, 0.15) is 0 Å². The molecule has 11 heteroatoms. The van der Waals surface area contributed by atoms with Crippen molar-refractivity contribution in [3.05, 3.63) is 0 Å². The number of nitrogens with zero attached hydrogens (tertiary/aromatic N) is 4. The topological polar surface area (TPSA) is 142 Å². The van der Waals surface area contributed by atoms with Crippen molar-refractivity contribution in [3.8, 4) is 0 Å². The molecule has 0 spiro atoms. The molecule has 0 aromatic heterocycles. The van der Waals surface area contributed by atoms with Crippen molar-refractivity contribution in [1.82, 2.24) is 4.90 Å². The van der Waals surface area contributed by atoms with E-state index in [1.165, 1.54) is 12.7 Å². The van der Waals surface area contributed by atoms with Gasteiger partial charge in [-0.15, -0.1) is 0 Å². The Morgan fingerprint density at radius 1 is 1.43 bits per heavy atom. The summed E-state index contributed by atoms with van der Waals surface area (Å²) in [5.41, 5.74) is 5.75. The number of aliphatic imine (C=N–C) groups is 3. The van der Waals surface area contributed by atoms with Crippen LogP contribution < -0.4 is 5.73 Å². The lowest BCUT2D eigenvalue weighted by Gasteiger charge is -2.31. The minimum absolute atomic E-state index is 0.105. The first-order valence-corrected chi connectivity index (χ1v) is 6.98. The number of ether oxygens (including phenoxy) is 1. The molecule has 114 valence electrons. The second-order valence-electron chi connectivity index (χ2n) is 4.81. The molecule has 0 aromatic carbocycles. The summed E-state index contributed by atoms with van der Waals surface area (Å²) >= 11 is 0. The van der Waals surface area contributed by atoms with Gasteiger partial charge in [-0.1, -0.05) is 0 Å². The normalized spacial score (nSPS) is 41.6. The fourth-order valence-corrected chi connectivity index (χ4v) is 2.73. The van der Waals surface area contributed by atoms with E-state index < -0.39 is 45.4 Å². The zero-order valence-corrected chi connectivity index (χ0v) is 11.7. The predicted octanol–water partition coefficient (Wildman–Crippen LogP) is -1.91. The second-order valence-corrected chi connectivity index (χ2v) is 5.21. The highest BCUT2D eigenvalue weighted by Crippen LogP contribution is 2.29. The van der Waals surface area contributed by atoms with E-state index in [1.807, 2.05) is 0 Å². The maximum atomic E-state index is 10.3. The Morgan fingerprint density at radius 3 is 3.00 bits per heavy atom. The lowest BCUT2D eigenvalue weighted by molar-refractivity contribution is -0.0747. The first kappa shape index (κ1) is 14.5. The number of hydrogen-bond acceptors (Lipinski definition) is 10. The van der Waals surface area contributed by atoms with Crippen LogP contribution in [0.15, 0.2) is 15.0 Å². The highest BCUT2D eigenvalue weighted by atomic mass is 31.1. The van der Waals surface area contributed by atoms with E-state index in [4.69, 9.17) is 10.5 Å². The summed E-state index contributed by atoms with van der Waals surface area (Å²) < 4.78 is 20.5. The van der Waals surface area contributed by atoms with E-state index >= 15 is 0 Å². The third-order valence-electron chi connectivity index (χ3n) is 3.60. The first-order chi connectivity index (χ1) is 10.1. The molecule has 10 nitrogen and oxygen atoms in total. The Hall–Kier alpha value is -1.45. The van der Waals surface area contributed by atoms with E-state index in [0.717, 1.165) is 0 Å². The Morgan fingerprint density at radius 2 is 2.24 bits per heavy atom. The molecular formula is C10H14N5O5P. The molecule has 0 aromatic rings. The molecule has 0 amide bonds. The summed E-state index contributed by atoms with van der Waals surface area (Å²) in [5, 5.41) is 20.1. The lowest BCUT2D eigenvalue weighted by atomic mass is 10.1. The zero-order valence-electron chi connectivity index (χ0n) is 10.8. The minimum atomic E-state index is -1.18. The monoisotopic (exact) mass is 315 g/mol. The van der Waals surface area contributed by atoms with Crippen molar-refractivity contribution in [2.75, 3.05) is 6.61 Å². The van der Waals surface area contributed by atoms with E-state index in [2.05, 4.69) is 19.5 Å². The van der Waals surface area contributed by atoms with Crippen LogP contribution in [-0.4, -0.2) is 77.0 Å². The Labute approximate surface area is 121 Å². The van der Waals surface area contributed by atoms with Crippen LogP contribution >= 0.6 is 8.69 Å². The van der Waals surface area contributed by atoms with E-state index in [-0.39, 0.29) is 6.61 Å².